The van der Waals surface area contributed by atoms with Crippen LogP contribution in [0.4, 0.5) is 5.69 Å². The van der Waals surface area contributed by atoms with Crippen molar-refractivity contribution in [3.63, 3.8) is 0 Å². The first kappa shape index (κ1) is 19.0. The molecule has 6 nitrogen and oxygen atoms in total. The fourth-order valence-electron chi connectivity index (χ4n) is 3.15. The van der Waals surface area contributed by atoms with Crippen LogP contribution in [0.25, 0.3) is 0 Å². The van der Waals surface area contributed by atoms with E-state index in [1.54, 1.807) is 0 Å². The van der Waals surface area contributed by atoms with E-state index in [-0.39, 0.29) is 5.97 Å². The van der Waals surface area contributed by atoms with Gasteiger partial charge in [0.1, 0.15) is 11.3 Å². The Labute approximate surface area is 156 Å². The number of benzene rings is 1. The molecule has 0 radical (unpaired) electrons. The van der Waals surface area contributed by atoms with E-state index >= 15 is 0 Å². The Kier molecular flexibility index (Phi) is 6.74. The predicted octanol–water partition coefficient (Wildman–Crippen LogP) is 2.42. The van der Waals surface area contributed by atoms with Crippen LogP contribution in [-0.4, -0.2) is 70.5 Å². The molecule has 1 aromatic rings. The van der Waals surface area contributed by atoms with Crippen molar-refractivity contribution in [1.82, 2.24) is 4.90 Å². The number of morpholine rings is 1. The van der Waals surface area contributed by atoms with Crippen LogP contribution in [0.2, 0.25) is 0 Å². The summed E-state index contributed by atoms with van der Waals surface area (Å²) in [7, 11) is 1.40. The minimum absolute atomic E-state index is 0.348. The Bertz CT molecular complexity index is 597. The third-order valence-electron chi connectivity index (χ3n) is 5.08. The second kappa shape index (κ2) is 9.24. The first-order valence-electron chi connectivity index (χ1n) is 9.61. The van der Waals surface area contributed by atoms with Crippen molar-refractivity contribution in [1.29, 1.82) is 0 Å². The molecule has 0 bridgehead atoms. The van der Waals surface area contributed by atoms with Gasteiger partial charge in [0.2, 0.25) is 0 Å². The van der Waals surface area contributed by atoms with Gasteiger partial charge in [-0.1, -0.05) is 0 Å². The Morgan fingerprint density at radius 2 is 2.08 bits per heavy atom. The van der Waals surface area contributed by atoms with Crippen LogP contribution in [0.5, 0.6) is 5.75 Å². The van der Waals surface area contributed by atoms with Crippen molar-refractivity contribution in [2.24, 2.45) is 5.92 Å². The summed E-state index contributed by atoms with van der Waals surface area (Å²) in [6, 6.07) is 5.79. The lowest BCUT2D eigenvalue weighted by molar-refractivity contribution is 0.0392. The fourth-order valence-corrected chi connectivity index (χ4v) is 3.15. The van der Waals surface area contributed by atoms with Crippen molar-refractivity contribution < 1.29 is 19.0 Å². The molecule has 1 heterocycles. The first-order valence-corrected chi connectivity index (χ1v) is 9.61. The zero-order valence-corrected chi connectivity index (χ0v) is 15.9. The second-order valence-electron chi connectivity index (χ2n) is 6.96. The monoisotopic (exact) mass is 362 g/mol. The molecule has 0 spiro atoms. The van der Waals surface area contributed by atoms with Gasteiger partial charge in [-0.05, 0) is 37.8 Å². The number of ether oxygens (including phenoxy) is 3. The van der Waals surface area contributed by atoms with E-state index < -0.39 is 0 Å². The fraction of sp³-hybridized carbons (Fsp3) is 0.650. The first-order chi connectivity index (χ1) is 12.7. The molecule has 0 unspecified atom stereocenters. The number of esters is 1. The zero-order valence-electron chi connectivity index (χ0n) is 15.9. The summed E-state index contributed by atoms with van der Waals surface area (Å²) in [6.45, 7) is 9.31. The number of likely N-dealkylation sites (N-methyl/N-ethyl adjacent to an activating group) is 1. The van der Waals surface area contributed by atoms with Gasteiger partial charge in [0.15, 0.2) is 0 Å². The second-order valence-corrected chi connectivity index (χ2v) is 6.96. The summed E-state index contributed by atoms with van der Waals surface area (Å²) < 4.78 is 16.3. The molecule has 1 aliphatic carbocycles. The van der Waals surface area contributed by atoms with Crippen molar-refractivity contribution in [3.8, 4) is 5.75 Å². The van der Waals surface area contributed by atoms with E-state index in [9.17, 15) is 4.79 Å². The molecule has 0 N–H and O–H groups in total. The van der Waals surface area contributed by atoms with Gasteiger partial charge in [-0.2, -0.15) is 0 Å². The maximum absolute atomic E-state index is 12.0. The molecule has 3 rings (SSSR count). The summed E-state index contributed by atoms with van der Waals surface area (Å²) in [5.74, 6) is 0.914. The Morgan fingerprint density at radius 3 is 2.73 bits per heavy atom. The van der Waals surface area contributed by atoms with Gasteiger partial charge >= 0.3 is 5.97 Å². The molecule has 1 saturated heterocycles. The molecule has 2 aliphatic rings. The molecular formula is C20H30N2O4. The van der Waals surface area contributed by atoms with Gasteiger partial charge in [0.25, 0.3) is 0 Å². The quantitative estimate of drug-likeness (QED) is 0.629. The summed E-state index contributed by atoms with van der Waals surface area (Å²) >= 11 is 0. The molecule has 1 aromatic carbocycles. The number of hydrogen-bond acceptors (Lipinski definition) is 6. The summed E-state index contributed by atoms with van der Waals surface area (Å²) in [6.07, 6.45) is 2.43. The number of nitrogens with zero attached hydrogens (tertiary/aromatic N) is 2. The average Bonchev–Trinajstić information content (AvgIpc) is 3.51. The number of rotatable bonds is 9. The van der Waals surface area contributed by atoms with E-state index in [1.165, 1.54) is 20.0 Å². The smallest absolute Gasteiger partial charge is 0.341 e. The van der Waals surface area contributed by atoms with E-state index in [1.807, 2.05) is 18.2 Å². The van der Waals surface area contributed by atoms with Crippen LogP contribution in [0.1, 0.15) is 30.1 Å². The highest BCUT2D eigenvalue weighted by molar-refractivity contribution is 5.93. The SMILES string of the molecule is CCN(CCN1CCOCC1)c1ccc(C(=O)OC)c(OCC2CC2)c1. The lowest BCUT2D eigenvalue weighted by Gasteiger charge is -2.30. The van der Waals surface area contributed by atoms with Crippen LogP contribution >= 0.6 is 0 Å². The Balaban J connectivity index is 1.68. The predicted molar refractivity (Wildman–Crippen MR) is 101 cm³/mol. The van der Waals surface area contributed by atoms with E-state index in [4.69, 9.17) is 14.2 Å². The standard InChI is InChI=1S/C20H30N2O4/c1-3-22(9-8-21-10-12-25-13-11-21)17-6-7-18(20(23)24-2)19(14-17)26-15-16-4-5-16/h6-7,14,16H,3-5,8-13,15H2,1-2H3. The van der Waals surface area contributed by atoms with Crippen molar-refractivity contribution in [2.75, 3.05) is 64.6 Å². The van der Waals surface area contributed by atoms with Crippen LogP contribution < -0.4 is 9.64 Å². The minimum Gasteiger partial charge on any atom is -0.492 e. The minimum atomic E-state index is -0.348. The number of carbonyl (C=O) groups excluding carboxylic acids is 1. The topological polar surface area (TPSA) is 51.2 Å². The normalized spacial score (nSPS) is 17.8. The van der Waals surface area contributed by atoms with Gasteiger partial charge in [-0.15, -0.1) is 0 Å². The molecule has 0 amide bonds. The zero-order chi connectivity index (χ0) is 18.4. The third kappa shape index (κ3) is 5.11. The van der Waals surface area contributed by atoms with Crippen molar-refractivity contribution in [3.05, 3.63) is 23.8 Å². The molecule has 144 valence electrons. The number of anilines is 1. The van der Waals surface area contributed by atoms with Gasteiger partial charge in [-0.25, -0.2) is 4.79 Å². The largest absolute Gasteiger partial charge is 0.492 e. The molecular weight excluding hydrogens is 332 g/mol. The van der Waals surface area contributed by atoms with Crippen molar-refractivity contribution in [2.45, 2.75) is 19.8 Å². The number of carbonyl (C=O) groups is 1. The van der Waals surface area contributed by atoms with Gasteiger partial charge in [0, 0.05) is 44.5 Å². The van der Waals surface area contributed by atoms with Crippen LogP contribution in [0, 0.1) is 5.92 Å². The lowest BCUT2D eigenvalue weighted by Crippen LogP contribution is -2.41. The van der Waals surface area contributed by atoms with Crippen molar-refractivity contribution >= 4 is 11.7 Å². The maximum atomic E-state index is 12.0. The van der Waals surface area contributed by atoms with E-state index in [2.05, 4.69) is 16.7 Å². The number of methoxy groups -OCH3 is 1. The van der Waals surface area contributed by atoms with Gasteiger partial charge < -0.3 is 19.1 Å². The molecule has 2 fully saturated rings. The van der Waals surface area contributed by atoms with Gasteiger partial charge in [-0.3, -0.25) is 4.90 Å². The lowest BCUT2D eigenvalue weighted by atomic mass is 10.1. The highest BCUT2D eigenvalue weighted by Gasteiger charge is 2.24. The van der Waals surface area contributed by atoms with E-state index in [0.29, 0.717) is 23.8 Å². The molecule has 0 aromatic heterocycles. The molecule has 26 heavy (non-hydrogen) atoms. The Hall–Kier alpha value is -1.79. The van der Waals surface area contributed by atoms with Crippen LogP contribution in [-0.2, 0) is 9.47 Å². The summed E-state index contributed by atoms with van der Waals surface area (Å²) in [4.78, 5) is 16.8. The molecule has 1 saturated carbocycles. The number of hydrogen-bond donors (Lipinski definition) is 0. The highest BCUT2D eigenvalue weighted by Crippen LogP contribution is 2.32. The average molecular weight is 362 g/mol. The van der Waals surface area contributed by atoms with E-state index in [0.717, 1.165) is 51.6 Å². The molecule has 1 aliphatic heterocycles. The Morgan fingerprint density at radius 1 is 1.31 bits per heavy atom. The van der Waals surface area contributed by atoms with Crippen LogP contribution in [0.3, 0.4) is 0 Å². The highest BCUT2D eigenvalue weighted by atomic mass is 16.5. The van der Waals surface area contributed by atoms with Gasteiger partial charge in [0.05, 0.1) is 26.9 Å². The third-order valence-corrected chi connectivity index (χ3v) is 5.08. The van der Waals surface area contributed by atoms with Crippen LogP contribution in [0.15, 0.2) is 18.2 Å². The summed E-state index contributed by atoms with van der Waals surface area (Å²) in [5.41, 5.74) is 1.58. The maximum Gasteiger partial charge on any atom is 0.341 e. The molecule has 6 heteroatoms. The molecule has 0 atom stereocenters. The summed E-state index contributed by atoms with van der Waals surface area (Å²) in [5, 5.41) is 0.